The Kier molecular flexibility index (Phi) is 1.20. The van der Waals surface area contributed by atoms with E-state index in [-0.39, 0.29) is 0 Å². The van der Waals surface area contributed by atoms with E-state index in [1.165, 1.54) is 36.0 Å². The van der Waals surface area contributed by atoms with E-state index in [0.29, 0.717) is 0 Å². The molecule has 0 aromatic heterocycles. The number of rotatable bonds is 2. The van der Waals surface area contributed by atoms with Crippen molar-refractivity contribution < 1.29 is 0 Å². The Bertz CT molecular complexity index is 167. The van der Waals surface area contributed by atoms with Gasteiger partial charge in [-0.15, -0.1) is 0 Å². The molecule has 4 aliphatic rings. The first-order chi connectivity index (χ1) is 5.42. The van der Waals surface area contributed by atoms with Crippen molar-refractivity contribution in [3.05, 3.63) is 0 Å². The maximum absolute atomic E-state index is 2.35. The summed E-state index contributed by atoms with van der Waals surface area (Å²) in [4.78, 5) is 0. The molecule has 0 aliphatic heterocycles. The fraction of sp³-hybridized carbons (Fsp3) is 1.00. The van der Waals surface area contributed by atoms with Crippen LogP contribution in [0.5, 0.6) is 0 Å². The predicted octanol–water partition coefficient (Wildman–Crippen LogP) is 3.08. The third kappa shape index (κ3) is 0.625. The highest BCUT2D eigenvalue weighted by molar-refractivity contribution is 5.10. The molecule has 0 saturated heterocycles. The van der Waals surface area contributed by atoms with Crippen molar-refractivity contribution >= 4 is 0 Å². The van der Waals surface area contributed by atoms with Crippen molar-refractivity contribution in [3.8, 4) is 0 Å². The Hall–Kier alpha value is 0. The fourth-order valence-corrected chi connectivity index (χ4v) is 4.48. The van der Waals surface area contributed by atoms with Crippen LogP contribution in [0.25, 0.3) is 0 Å². The molecule has 0 aromatic carbocycles. The van der Waals surface area contributed by atoms with Crippen LogP contribution in [-0.2, 0) is 0 Å². The number of hydrogen-bond acceptors (Lipinski definition) is 0. The van der Waals surface area contributed by atoms with Gasteiger partial charge < -0.3 is 0 Å². The smallest absolute Gasteiger partial charge is 0.0323 e. The Morgan fingerprint density at radius 2 is 2.09 bits per heavy atom. The minimum Gasteiger partial charge on any atom is -0.0654 e. The topological polar surface area (TPSA) is 0 Å². The summed E-state index contributed by atoms with van der Waals surface area (Å²) < 4.78 is 0. The molecular formula is C11H18. The predicted molar refractivity (Wildman–Crippen MR) is 46.2 cm³/mol. The summed E-state index contributed by atoms with van der Waals surface area (Å²) in [7, 11) is 0. The molecule has 0 nitrogen and oxygen atoms in total. The average molecular weight is 150 g/mol. The highest BCUT2D eigenvalue weighted by atomic mass is 14.7. The zero-order valence-electron chi connectivity index (χ0n) is 7.42. The van der Waals surface area contributed by atoms with Crippen molar-refractivity contribution in [1.29, 1.82) is 0 Å². The molecule has 0 heteroatoms. The first-order valence-electron chi connectivity index (χ1n) is 5.42. The maximum Gasteiger partial charge on any atom is -0.0323 e. The highest BCUT2D eigenvalue weighted by Crippen LogP contribution is 2.69. The molecule has 4 aliphatic carbocycles. The summed E-state index contributed by atoms with van der Waals surface area (Å²) in [5.41, 5.74) is 0. The van der Waals surface area contributed by atoms with Gasteiger partial charge in [0.15, 0.2) is 0 Å². The Labute approximate surface area is 69.4 Å². The second-order valence-corrected chi connectivity index (χ2v) is 4.93. The highest BCUT2D eigenvalue weighted by Gasteiger charge is 2.62. The van der Waals surface area contributed by atoms with Crippen LogP contribution in [-0.4, -0.2) is 0 Å². The fourth-order valence-electron chi connectivity index (χ4n) is 4.48. The summed E-state index contributed by atoms with van der Waals surface area (Å²) in [6, 6.07) is 0. The first kappa shape index (κ1) is 6.51. The van der Waals surface area contributed by atoms with Gasteiger partial charge in [0, 0.05) is 0 Å². The van der Waals surface area contributed by atoms with Gasteiger partial charge in [-0.2, -0.15) is 0 Å². The molecule has 11 heavy (non-hydrogen) atoms. The SMILES string of the molecule is CCCC1C2C3CCC2[C@H]1C3. The molecule has 5 atom stereocenters. The lowest BCUT2D eigenvalue weighted by Crippen LogP contribution is -2.37. The molecule has 0 heterocycles. The van der Waals surface area contributed by atoms with Crippen LogP contribution in [0.1, 0.15) is 39.0 Å². The molecule has 0 radical (unpaired) electrons. The van der Waals surface area contributed by atoms with Crippen LogP contribution in [0.15, 0.2) is 0 Å². The van der Waals surface area contributed by atoms with Gasteiger partial charge in [0.05, 0.1) is 0 Å². The standard InChI is InChI=1S/C11H18/c1-2-3-8-10-6-7-4-5-9(10)11(7)8/h7-11H,2-6H2,1H3/t7?,8?,9?,10-,11?/m0/s1. The summed E-state index contributed by atoms with van der Waals surface area (Å²) in [5.74, 6) is 6.04. The van der Waals surface area contributed by atoms with E-state index >= 15 is 0 Å². The van der Waals surface area contributed by atoms with Crippen molar-refractivity contribution in [2.75, 3.05) is 0 Å². The van der Waals surface area contributed by atoms with Crippen molar-refractivity contribution in [1.82, 2.24) is 0 Å². The molecular weight excluding hydrogens is 132 g/mol. The second-order valence-electron chi connectivity index (χ2n) is 4.93. The summed E-state index contributed by atoms with van der Waals surface area (Å²) >= 11 is 0. The van der Waals surface area contributed by atoms with E-state index in [4.69, 9.17) is 0 Å². The van der Waals surface area contributed by atoms with Gasteiger partial charge in [0.2, 0.25) is 0 Å². The van der Waals surface area contributed by atoms with Gasteiger partial charge in [-0.1, -0.05) is 19.8 Å². The molecule has 4 saturated carbocycles. The summed E-state index contributed by atoms with van der Waals surface area (Å²) in [6.45, 7) is 2.35. The maximum atomic E-state index is 2.35. The first-order valence-corrected chi connectivity index (χ1v) is 5.42. The van der Waals surface area contributed by atoms with Crippen LogP contribution in [0.4, 0.5) is 0 Å². The van der Waals surface area contributed by atoms with E-state index < -0.39 is 0 Å². The van der Waals surface area contributed by atoms with Crippen LogP contribution in [0, 0.1) is 29.6 Å². The molecule has 4 rings (SSSR count). The van der Waals surface area contributed by atoms with E-state index in [0.717, 1.165) is 0 Å². The molecule has 0 N–H and O–H groups in total. The molecule has 4 fully saturated rings. The molecule has 4 bridgehead atoms. The lowest BCUT2D eigenvalue weighted by molar-refractivity contribution is 0.0538. The quantitative estimate of drug-likeness (QED) is 0.567. The van der Waals surface area contributed by atoms with Gasteiger partial charge in [-0.05, 0) is 48.9 Å². The van der Waals surface area contributed by atoms with Crippen molar-refractivity contribution in [3.63, 3.8) is 0 Å². The van der Waals surface area contributed by atoms with Crippen LogP contribution in [0.2, 0.25) is 0 Å². The van der Waals surface area contributed by atoms with Gasteiger partial charge in [0.1, 0.15) is 0 Å². The lowest BCUT2D eigenvalue weighted by Gasteiger charge is -2.43. The van der Waals surface area contributed by atoms with E-state index in [1.807, 2.05) is 0 Å². The van der Waals surface area contributed by atoms with Crippen LogP contribution < -0.4 is 0 Å². The van der Waals surface area contributed by atoms with Gasteiger partial charge in [0.25, 0.3) is 0 Å². The zero-order chi connectivity index (χ0) is 7.42. The number of hydrogen-bond donors (Lipinski definition) is 0. The van der Waals surface area contributed by atoms with Gasteiger partial charge in [-0.25, -0.2) is 0 Å². The molecule has 0 spiro atoms. The van der Waals surface area contributed by atoms with E-state index in [9.17, 15) is 0 Å². The second kappa shape index (κ2) is 2.02. The van der Waals surface area contributed by atoms with Crippen molar-refractivity contribution in [2.45, 2.75) is 39.0 Å². The largest absolute Gasteiger partial charge is 0.0654 e. The Morgan fingerprint density at radius 3 is 2.64 bits per heavy atom. The lowest BCUT2D eigenvalue weighted by atomic mass is 9.62. The summed E-state index contributed by atoms with van der Waals surface area (Å²) in [5, 5.41) is 0. The molecule has 0 aromatic rings. The molecule has 4 unspecified atom stereocenters. The molecule has 62 valence electrons. The van der Waals surface area contributed by atoms with Crippen LogP contribution in [0.3, 0.4) is 0 Å². The minimum atomic E-state index is 1.19. The Balaban J connectivity index is 1.76. The zero-order valence-corrected chi connectivity index (χ0v) is 7.42. The van der Waals surface area contributed by atoms with Gasteiger partial charge >= 0.3 is 0 Å². The minimum absolute atomic E-state index is 1.19. The third-order valence-electron chi connectivity index (χ3n) is 4.70. The van der Waals surface area contributed by atoms with Crippen LogP contribution >= 0.6 is 0 Å². The van der Waals surface area contributed by atoms with Gasteiger partial charge in [-0.3, -0.25) is 0 Å². The average Bonchev–Trinajstić information content (AvgIpc) is 2.62. The van der Waals surface area contributed by atoms with Crippen molar-refractivity contribution in [2.24, 2.45) is 29.6 Å². The summed E-state index contributed by atoms with van der Waals surface area (Å²) in [6.07, 6.45) is 7.78. The van der Waals surface area contributed by atoms with E-state index in [1.54, 1.807) is 25.7 Å². The Morgan fingerprint density at radius 1 is 1.18 bits per heavy atom. The molecule has 0 amide bonds. The monoisotopic (exact) mass is 150 g/mol. The third-order valence-corrected chi connectivity index (χ3v) is 4.70. The normalized spacial score (nSPS) is 58.1. The van der Waals surface area contributed by atoms with E-state index in [2.05, 4.69) is 6.92 Å².